The molecule has 3 rings (SSSR count). The summed E-state index contributed by atoms with van der Waals surface area (Å²) in [7, 11) is 0. The first-order valence-corrected chi connectivity index (χ1v) is 9.08. The molecular weight excluding hydrogens is 294 g/mol. The van der Waals surface area contributed by atoms with Crippen molar-refractivity contribution in [2.24, 2.45) is 5.41 Å². The van der Waals surface area contributed by atoms with Crippen molar-refractivity contribution in [2.45, 2.75) is 51.0 Å². The summed E-state index contributed by atoms with van der Waals surface area (Å²) in [6.07, 6.45) is 5.41. The molecule has 1 spiro atoms. The summed E-state index contributed by atoms with van der Waals surface area (Å²) in [6.45, 7) is 4.94. The summed E-state index contributed by atoms with van der Waals surface area (Å²) in [4.78, 5) is 29.1. The van der Waals surface area contributed by atoms with Gasteiger partial charge in [-0.2, -0.15) is 0 Å². The molecule has 23 heavy (non-hydrogen) atoms. The van der Waals surface area contributed by atoms with E-state index in [4.69, 9.17) is 0 Å². The van der Waals surface area contributed by atoms with E-state index in [0.29, 0.717) is 38.9 Å². The predicted octanol–water partition coefficient (Wildman–Crippen LogP) is 0.352. The van der Waals surface area contributed by atoms with Gasteiger partial charge in [0.15, 0.2) is 0 Å². The molecule has 130 valence electrons. The van der Waals surface area contributed by atoms with E-state index in [1.54, 1.807) is 0 Å². The smallest absolute Gasteiger partial charge is 0.230 e. The Kier molecular flexibility index (Phi) is 5.21. The maximum absolute atomic E-state index is 12.5. The molecule has 6 heteroatoms. The highest BCUT2D eigenvalue weighted by atomic mass is 16.3. The zero-order valence-corrected chi connectivity index (χ0v) is 13.9. The summed E-state index contributed by atoms with van der Waals surface area (Å²) in [5.74, 6) is 0.0552. The van der Waals surface area contributed by atoms with Gasteiger partial charge in [-0.25, -0.2) is 0 Å². The number of nitrogens with one attached hydrogen (secondary N) is 1. The molecule has 3 heterocycles. The van der Waals surface area contributed by atoms with Gasteiger partial charge in [-0.15, -0.1) is 0 Å². The number of amides is 2. The van der Waals surface area contributed by atoms with Gasteiger partial charge in [0.1, 0.15) is 0 Å². The zero-order valence-electron chi connectivity index (χ0n) is 13.9. The molecule has 2 atom stereocenters. The van der Waals surface area contributed by atoms with Crippen LogP contribution in [-0.4, -0.2) is 72.1 Å². The number of hydrogen-bond acceptors (Lipinski definition) is 4. The Labute approximate surface area is 138 Å². The molecular formula is C17H29N3O3. The van der Waals surface area contributed by atoms with E-state index in [2.05, 4.69) is 10.2 Å². The second-order valence-electron chi connectivity index (χ2n) is 7.29. The maximum atomic E-state index is 12.5. The number of piperidine rings is 2. The third-order valence-electron chi connectivity index (χ3n) is 5.74. The number of hydrogen-bond donors (Lipinski definition) is 2. The van der Waals surface area contributed by atoms with Crippen molar-refractivity contribution in [3.63, 3.8) is 0 Å². The highest BCUT2D eigenvalue weighted by Crippen LogP contribution is 2.37. The van der Waals surface area contributed by atoms with E-state index in [9.17, 15) is 14.7 Å². The van der Waals surface area contributed by atoms with Crippen LogP contribution in [0.3, 0.4) is 0 Å². The van der Waals surface area contributed by atoms with Crippen LogP contribution in [0.25, 0.3) is 0 Å². The van der Waals surface area contributed by atoms with Crippen molar-refractivity contribution in [3.8, 4) is 0 Å². The lowest BCUT2D eigenvalue weighted by atomic mass is 9.71. The van der Waals surface area contributed by atoms with Crippen molar-refractivity contribution in [3.05, 3.63) is 0 Å². The number of carbonyl (C=O) groups excluding carboxylic acids is 2. The van der Waals surface area contributed by atoms with Crippen molar-refractivity contribution in [2.75, 3.05) is 39.3 Å². The second kappa shape index (κ2) is 7.18. The molecule has 3 fully saturated rings. The molecule has 3 aliphatic heterocycles. The SMILES string of the molecule is O=C(CCCN1CCCC1)N1CC[C@H](O)[C@@]2(CCCNC2=O)C1. The molecule has 2 amide bonds. The molecule has 0 radical (unpaired) electrons. The van der Waals surface area contributed by atoms with Crippen LogP contribution < -0.4 is 5.32 Å². The maximum Gasteiger partial charge on any atom is 0.230 e. The fourth-order valence-electron chi connectivity index (χ4n) is 4.27. The van der Waals surface area contributed by atoms with Crippen LogP contribution in [0.5, 0.6) is 0 Å². The van der Waals surface area contributed by atoms with E-state index < -0.39 is 11.5 Å². The molecule has 0 bridgehead atoms. The Morgan fingerprint density at radius 3 is 2.78 bits per heavy atom. The van der Waals surface area contributed by atoms with E-state index in [1.165, 1.54) is 12.8 Å². The average molecular weight is 323 g/mol. The first-order chi connectivity index (χ1) is 11.1. The van der Waals surface area contributed by atoms with E-state index in [-0.39, 0.29) is 11.8 Å². The van der Waals surface area contributed by atoms with Gasteiger partial charge in [0.2, 0.25) is 11.8 Å². The van der Waals surface area contributed by atoms with Crippen LogP contribution in [0.15, 0.2) is 0 Å². The van der Waals surface area contributed by atoms with Gasteiger partial charge in [0.25, 0.3) is 0 Å². The van der Waals surface area contributed by atoms with Gasteiger partial charge < -0.3 is 20.2 Å². The Bertz CT molecular complexity index is 450. The molecule has 0 aromatic heterocycles. The second-order valence-corrected chi connectivity index (χ2v) is 7.29. The van der Waals surface area contributed by atoms with Crippen LogP contribution in [0.4, 0.5) is 0 Å². The number of nitrogens with zero attached hydrogens (tertiary/aromatic N) is 2. The standard InChI is InChI=1S/C17H29N3O3/c21-14-6-12-20(13-17(14)7-4-8-18-16(17)23)15(22)5-3-11-19-9-1-2-10-19/h14,21H,1-13H2,(H,18,23)/t14-,17+/m0/s1. The first-order valence-electron chi connectivity index (χ1n) is 9.08. The molecule has 0 aliphatic carbocycles. The van der Waals surface area contributed by atoms with E-state index in [1.807, 2.05) is 4.90 Å². The fourth-order valence-corrected chi connectivity index (χ4v) is 4.27. The number of aliphatic hydroxyl groups is 1. The van der Waals surface area contributed by atoms with Gasteiger partial charge in [-0.05, 0) is 58.2 Å². The van der Waals surface area contributed by atoms with Crippen LogP contribution in [-0.2, 0) is 9.59 Å². The molecule has 0 unspecified atom stereocenters. The largest absolute Gasteiger partial charge is 0.392 e. The minimum absolute atomic E-state index is 0.0779. The van der Waals surface area contributed by atoms with Gasteiger partial charge in [-0.3, -0.25) is 9.59 Å². The third kappa shape index (κ3) is 3.53. The summed E-state index contributed by atoms with van der Waals surface area (Å²) in [6, 6.07) is 0. The Hall–Kier alpha value is -1.14. The van der Waals surface area contributed by atoms with E-state index >= 15 is 0 Å². The van der Waals surface area contributed by atoms with Gasteiger partial charge in [0.05, 0.1) is 11.5 Å². The van der Waals surface area contributed by atoms with Gasteiger partial charge >= 0.3 is 0 Å². The minimum Gasteiger partial charge on any atom is -0.392 e. The monoisotopic (exact) mass is 323 g/mol. The number of rotatable bonds is 4. The Morgan fingerprint density at radius 1 is 1.26 bits per heavy atom. The molecule has 2 N–H and O–H groups in total. The Balaban J connectivity index is 1.53. The highest BCUT2D eigenvalue weighted by molar-refractivity contribution is 5.86. The van der Waals surface area contributed by atoms with Crippen molar-refractivity contribution in [1.82, 2.24) is 15.1 Å². The lowest BCUT2D eigenvalue weighted by Gasteiger charge is -2.46. The van der Waals surface area contributed by atoms with Gasteiger partial charge in [-0.1, -0.05) is 0 Å². The fraction of sp³-hybridized carbons (Fsp3) is 0.882. The lowest BCUT2D eigenvalue weighted by molar-refractivity contribution is -0.154. The van der Waals surface area contributed by atoms with Crippen molar-refractivity contribution >= 4 is 11.8 Å². The minimum atomic E-state index is -0.777. The average Bonchev–Trinajstić information content (AvgIpc) is 3.06. The zero-order chi connectivity index (χ0) is 16.3. The van der Waals surface area contributed by atoms with E-state index in [0.717, 1.165) is 32.5 Å². The highest BCUT2D eigenvalue weighted by Gasteiger charge is 2.50. The van der Waals surface area contributed by atoms with Crippen LogP contribution in [0.2, 0.25) is 0 Å². The van der Waals surface area contributed by atoms with Crippen LogP contribution in [0, 0.1) is 5.41 Å². The number of carbonyl (C=O) groups is 2. The topological polar surface area (TPSA) is 72.9 Å². The summed E-state index contributed by atoms with van der Waals surface area (Å²) in [5.41, 5.74) is -0.777. The third-order valence-corrected chi connectivity index (χ3v) is 5.74. The summed E-state index contributed by atoms with van der Waals surface area (Å²) >= 11 is 0. The first kappa shape index (κ1) is 16.7. The van der Waals surface area contributed by atoms with Crippen LogP contribution in [0.1, 0.15) is 44.9 Å². The number of likely N-dealkylation sites (tertiary alicyclic amines) is 2. The van der Waals surface area contributed by atoms with Crippen molar-refractivity contribution in [1.29, 1.82) is 0 Å². The molecule has 3 aliphatic rings. The lowest BCUT2D eigenvalue weighted by Crippen LogP contribution is -2.62. The molecule has 0 aromatic rings. The molecule has 0 aromatic carbocycles. The van der Waals surface area contributed by atoms with Gasteiger partial charge in [0, 0.05) is 26.1 Å². The van der Waals surface area contributed by atoms with Crippen LogP contribution >= 0.6 is 0 Å². The van der Waals surface area contributed by atoms with Crippen molar-refractivity contribution < 1.29 is 14.7 Å². The number of aliphatic hydroxyl groups excluding tert-OH is 1. The molecule has 6 nitrogen and oxygen atoms in total. The quantitative estimate of drug-likeness (QED) is 0.783. The molecule has 3 saturated heterocycles. The predicted molar refractivity (Wildman–Crippen MR) is 86.8 cm³/mol. The molecule has 0 saturated carbocycles. The Morgan fingerprint density at radius 2 is 2.04 bits per heavy atom. The summed E-state index contributed by atoms with van der Waals surface area (Å²) in [5, 5.41) is 13.2. The normalized spacial score (nSPS) is 32.3. The summed E-state index contributed by atoms with van der Waals surface area (Å²) < 4.78 is 0.